The Balaban J connectivity index is 1.12. The Morgan fingerprint density at radius 2 is 1.48 bits per heavy atom. The van der Waals surface area contributed by atoms with Crippen LogP contribution in [0.15, 0.2) is 22.9 Å². The monoisotopic (exact) mass is 602 g/mol. The van der Waals surface area contributed by atoms with Crippen molar-refractivity contribution in [2.45, 2.75) is 179 Å². The Hall–Kier alpha value is -0.800. The summed E-state index contributed by atoms with van der Waals surface area (Å²) in [7, 11) is 0. The fourth-order valence-corrected chi connectivity index (χ4v) is 13.1. The first-order valence-electron chi connectivity index (χ1n) is 20.2. The predicted molar refractivity (Wildman–Crippen MR) is 184 cm³/mol. The summed E-state index contributed by atoms with van der Waals surface area (Å²) in [5.74, 6) is 6.97. The van der Waals surface area contributed by atoms with Crippen molar-refractivity contribution in [3.05, 3.63) is 22.9 Å². The molecule has 5 aliphatic carbocycles. The average molecular weight is 602 g/mol. The van der Waals surface area contributed by atoms with Crippen LogP contribution in [0.25, 0.3) is 0 Å². The quantitative estimate of drug-likeness (QED) is 0.307. The van der Waals surface area contributed by atoms with Crippen molar-refractivity contribution < 1.29 is 0 Å². The predicted octanol–water partition coefficient (Wildman–Crippen LogP) is 9.39. The van der Waals surface area contributed by atoms with E-state index in [1.54, 1.807) is 0 Å². The van der Waals surface area contributed by atoms with Crippen LogP contribution in [-0.2, 0) is 0 Å². The number of nitrogens with zero attached hydrogens (tertiary/aromatic N) is 1. The molecule has 44 heavy (non-hydrogen) atoms. The van der Waals surface area contributed by atoms with Gasteiger partial charge in [-0.2, -0.15) is 0 Å². The molecule has 0 amide bonds. The molecule has 8 rings (SSSR count). The Kier molecular flexibility index (Phi) is 9.03. The number of allylic oxidation sites excluding steroid dienone is 2. The second kappa shape index (κ2) is 13.0. The molecule has 12 unspecified atom stereocenters. The summed E-state index contributed by atoms with van der Waals surface area (Å²) in [4.78, 5) is 3.22. The lowest BCUT2D eigenvalue weighted by Crippen LogP contribution is -2.51. The average Bonchev–Trinajstić information content (AvgIpc) is 3.81. The van der Waals surface area contributed by atoms with Gasteiger partial charge in [0, 0.05) is 41.8 Å². The maximum absolute atomic E-state index is 4.09. The Labute approximate surface area is 271 Å². The molecule has 0 aromatic carbocycles. The second-order valence-electron chi connectivity index (χ2n) is 17.9. The van der Waals surface area contributed by atoms with Crippen LogP contribution >= 0.6 is 0 Å². The lowest BCUT2D eigenvalue weighted by Gasteiger charge is -2.49. The number of nitrogens with one attached hydrogen (secondary N) is 2. The topological polar surface area (TPSA) is 27.3 Å². The van der Waals surface area contributed by atoms with Crippen molar-refractivity contribution in [3.8, 4) is 0 Å². The Morgan fingerprint density at radius 3 is 2.23 bits per heavy atom. The third-order valence-corrected chi connectivity index (χ3v) is 15.3. The molecule has 12 atom stereocenters. The molecule has 0 spiro atoms. The maximum atomic E-state index is 4.09. The van der Waals surface area contributed by atoms with Crippen LogP contribution in [0.3, 0.4) is 0 Å². The standard InChI is InChI=1S/C41H67N3/c1-26-10-7-8-13-34(26)35-25-37-36-24-30(29-11-5-4-6-12-29)16-18-40(36)44(41(37)20-27(35)2)33-22-31(38-14-9-19-42-38)21-32(23-33)39-17-15-28(3)43-39/h25-34,37-39,41-43H,4-24H2,1-3H3. The van der Waals surface area contributed by atoms with Gasteiger partial charge in [-0.25, -0.2) is 0 Å². The molecule has 0 aromatic heterocycles. The van der Waals surface area contributed by atoms with E-state index in [1.165, 1.54) is 135 Å². The van der Waals surface area contributed by atoms with Gasteiger partial charge in [0.15, 0.2) is 0 Å². The molecule has 246 valence electrons. The lowest BCUT2D eigenvalue weighted by molar-refractivity contribution is 0.0609. The van der Waals surface area contributed by atoms with Crippen molar-refractivity contribution in [2.24, 2.45) is 47.3 Å². The summed E-state index contributed by atoms with van der Waals surface area (Å²) in [5.41, 5.74) is 5.77. The molecule has 0 aromatic rings. The van der Waals surface area contributed by atoms with E-state index in [0.717, 1.165) is 71.5 Å². The normalized spacial score (nSPS) is 47.1. The lowest BCUT2D eigenvalue weighted by atomic mass is 9.65. The fraction of sp³-hybridized carbons (Fsp3) is 0.902. The minimum atomic E-state index is 0.717. The first-order valence-corrected chi connectivity index (χ1v) is 20.2. The van der Waals surface area contributed by atoms with Crippen molar-refractivity contribution in [1.82, 2.24) is 15.5 Å². The maximum Gasteiger partial charge on any atom is 0.0396 e. The highest BCUT2D eigenvalue weighted by atomic mass is 15.2. The zero-order valence-corrected chi connectivity index (χ0v) is 28.9. The smallest absolute Gasteiger partial charge is 0.0396 e. The summed E-state index contributed by atoms with van der Waals surface area (Å²) in [6.07, 6.45) is 32.1. The second-order valence-corrected chi connectivity index (χ2v) is 17.9. The van der Waals surface area contributed by atoms with Gasteiger partial charge in [-0.1, -0.05) is 76.9 Å². The van der Waals surface area contributed by atoms with Crippen LogP contribution in [0.2, 0.25) is 0 Å². The first kappa shape index (κ1) is 30.5. The van der Waals surface area contributed by atoms with Crippen LogP contribution in [0.5, 0.6) is 0 Å². The molecular formula is C41H67N3. The minimum absolute atomic E-state index is 0.717. The van der Waals surface area contributed by atoms with Gasteiger partial charge in [0.05, 0.1) is 0 Å². The largest absolute Gasteiger partial charge is 0.368 e. The van der Waals surface area contributed by atoms with E-state index < -0.39 is 0 Å². The summed E-state index contributed by atoms with van der Waals surface area (Å²) in [5, 5.41) is 8.10. The summed E-state index contributed by atoms with van der Waals surface area (Å²) in [6.45, 7) is 8.92. The van der Waals surface area contributed by atoms with Gasteiger partial charge in [0.2, 0.25) is 0 Å². The van der Waals surface area contributed by atoms with Gasteiger partial charge in [-0.05, 0) is 138 Å². The van der Waals surface area contributed by atoms with Gasteiger partial charge in [0.25, 0.3) is 0 Å². The Bertz CT molecular complexity index is 1060. The SMILES string of the molecule is CC1CCC(C2CC(C3CCCN3)CC(N3C4=C(CC(C5CCCCC5)CC4)C4C=C(C5CCCCC5C)C(C)CC43)C2)N1. The van der Waals surface area contributed by atoms with E-state index in [1.807, 2.05) is 16.8 Å². The van der Waals surface area contributed by atoms with Crippen LogP contribution in [0.4, 0.5) is 0 Å². The van der Waals surface area contributed by atoms with E-state index in [2.05, 4.69) is 42.4 Å². The van der Waals surface area contributed by atoms with Crippen molar-refractivity contribution in [2.75, 3.05) is 6.54 Å². The molecule has 0 bridgehead atoms. The molecular weight excluding hydrogens is 534 g/mol. The number of fused-ring (bicyclic) bond motifs is 2. The van der Waals surface area contributed by atoms with Crippen LogP contribution in [0.1, 0.15) is 149 Å². The summed E-state index contributed by atoms with van der Waals surface area (Å²) >= 11 is 0. The number of hydrogen-bond donors (Lipinski definition) is 2. The van der Waals surface area contributed by atoms with Crippen molar-refractivity contribution in [1.29, 1.82) is 0 Å². The van der Waals surface area contributed by atoms with Crippen LogP contribution in [0, 0.1) is 47.3 Å². The van der Waals surface area contributed by atoms with E-state index in [0.29, 0.717) is 6.04 Å². The molecule has 3 aliphatic heterocycles. The van der Waals surface area contributed by atoms with E-state index in [-0.39, 0.29) is 0 Å². The van der Waals surface area contributed by atoms with Crippen LogP contribution < -0.4 is 10.6 Å². The van der Waals surface area contributed by atoms with Gasteiger partial charge < -0.3 is 15.5 Å². The van der Waals surface area contributed by atoms with E-state index in [4.69, 9.17) is 0 Å². The van der Waals surface area contributed by atoms with Gasteiger partial charge >= 0.3 is 0 Å². The van der Waals surface area contributed by atoms with Crippen molar-refractivity contribution in [3.63, 3.8) is 0 Å². The summed E-state index contributed by atoms with van der Waals surface area (Å²) in [6, 6.07) is 3.77. The van der Waals surface area contributed by atoms with Crippen molar-refractivity contribution >= 4 is 0 Å². The highest BCUT2D eigenvalue weighted by molar-refractivity contribution is 5.37. The molecule has 2 N–H and O–H groups in total. The highest BCUT2D eigenvalue weighted by Gasteiger charge is 2.51. The molecule has 5 fully saturated rings. The van der Waals surface area contributed by atoms with Gasteiger partial charge in [-0.3, -0.25) is 0 Å². The third-order valence-electron chi connectivity index (χ3n) is 15.3. The molecule has 3 heterocycles. The molecule has 0 radical (unpaired) electrons. The van der Waals surface area contributed by atoms with Crippen LogP contribution in [-0.4, -0.2) is 41.7 Å². The van der Waals surface area contributed by atoms with E-state index in [9.17, 15) is 0 Å². The minimum Gasteiger partial charge on any atom is -0.368 e. The zero-order valence-electron chi connectivity index (χ0n) is 28.9. The first-order chi connectivity index (χ1) is 21.5. The Morgan fingerprint density at radius 1 is 0.682 bits per heavy atom. The molecule has 2 saturated heterocycles. The molecule has 3 heteroatoms. The third kappa shape index (κ3) is 5.79. The highest BCUT2D eigenvalue weighted by Crippen LogP contribution is 2.56. The zero-order chi connectivity index (χ0) is 29.8. The van der Waals surface area contributed by atoms with E-state index >= 15 is 0 Å². The van der Waals surface area contributed by atoms with Gasteiger partial charge in [0.1, 0.15) is 0 Å². The molecule has 3 nitrogen and oxygen atoms in total. The molecule has 8 aliphatic rings. The summed E-state index contributed by atoms with van der Waals surface area (Å²) < 4.78 is 0. The van der Waals surface area contributed by atoms with Gasteiger partial charge in [-0.15, -0.1) is 0 Å². The number of rotatable bonds is 5. The number of hydrogen-bond acceptors (Lipinski definition) is 3. The fourth-order valence-electron chi connectivity index (χ4n) is 13.1. The molecule has 3 saturated carbocycles.